The Labute approximate surface area is 170 Å². The molecule has 0 bridgehead atoms. The van der Waals surface area contributed by atoms with Gasteiger partial charge in [0.2, 0.25) is 0 Å². The van der Waals surface area contributed by atoms with Crippen LogP contribution in [-0.4, -0.2) is 42.6 Å². The van der Waals surface area contributed by atoms with Crippen molar-refractivity contribution in [2.24, 2.45) is 5.92 Å². The molecule has 0 saturated heterocycles. The summed E-state index contributed by atoms with van der Waals surface area (Å²) in [6.07, 6.45) is 1.24. The van der Waals surface area contributed by atoms with Crippen LogP contribution in [-0.2, 0) is 25.5 Å². The van der Waals surface area contributed by atoms with E-state index >= 15 is 0 Å². The highest BCUT2D eigenvalue weighted by Gasteiger charge is 2.27. The first-order chi connectivity index (χ1) is 13.8. The van der Waals surface area contributed by atoms with Crippen LogP contribution in [0.3, 0.4) is 0 Å². The second-order valence-corrected chi connectivity index (χ2v) is 6.96. The number of carbonyl (C=O) groups is 3. The summed E-state index contributed by atoms with van der Waals surface area (Å²) in [6.45, 7) is 7.02. The van der Waals surface area contributed by atoms with Gasteiger partial charge in [-0.25, -0.2) is 9.59 Å². The fourth-order valence-corrected chi connectivity index (χ4v) is 3.18. The van der Waals surface area contributed by atoms with Gasteiger partial charge in [-0.05, 0) is 30.9 Å². The van der Waals surface area contributed by atoms with Gasteiger partial charge in [-0.2, -0.15) is 0 Å². The molecule has 1 heterocycles. The predicted octanol–water partition coefficient (Wildman–Crippen LogP) is 2.97. The summed E-state index contributed by atoms with van der Waals surface area (Å²) in [5, 5.41) is 3.46. The molecule has 2 aromatic rings. The third kappa shape index (κ3) is 5.10. The van der Waals surface area contributed by atoms with E-state index in [1.54, 1.807) is 0 Å². The van der Waals surface area contributed by atoms with Crippen LogP contribution < -0.4 is 5.32 Å². The summed E-state index contributed by atoms with van der Waals surface area (Å²) in [4.78, 5) is 41.5. The highest BCUT2D eigenvalue weighted by atomic mass is 16.5. The molecule has 0 saturated carbocycles. The average molecular weight is 400 g/mol. The second-order valence-electron chi connectivity index (χ2n) is 6.96. The lowest BCUT2D eigenvalue weighted by Crippen LogP contribution is -2.47. The zero-order valence-electron chi connectivity index (χ0n) is 17.6. The predicted molar refractivity (Wildman–Crippen MR) is 110 cm³/mol. The Kier molecular flexibility index (Phi) is 7.70. The molecular weight excluding hydrogens is 372 g/mol. The number of benzene rings is 1. The smallest absolute Gasteiger partial charge is 0.340 e. The molecule has 7 nitrogen and oxygen atoms in total. The van der Waals surface area contributed by atoms with Gasteiger partial charge in [-0.1, -0.05) is 45.4 Å². The van der Waals surface area contributed by atoms with E-state index in [2.05, 4.69) is 10.3 Å². The van der Waals surface area contributed by atoms with Gasteiger partial charge in [-0.15, -0.1) is 0 Å². The zero-order valence-corrected chi connectivity index (χ0v) is 17.6. The molecule has 2 rings (SSSR count). The van der Waals surface area contributed by atoms with Gasteiger partial charge in [0, 0.05) is 5.39 Å². The first-order valence-corrected chi connectivity index (χ1v) is 9.76. The number of aryl methyl sites for hydroxylation is 2. The first-order valence-electron chi connectivity index (χ1n) is 9.76. The minimum absolute atomic E-state index is 0.110. The zero-order chi connectivity index (χ0) is 21.6. The third-order valence-corrected chi connectivity index (χ3v) is 5.09. The van der Waals surface area contributed by atoms with Crippen molar-refractivity contribution in [2.45, 2.75) is 46.6 Å². The lowest BCUT2D eigenvalue weighted by Gasteiger charge is -2.21. The van der Waals surface area contributed by atoms with Crippen LogP contribution in [0.4, 0.5) is 0 Å². The van der Waals surface area contributed by atoms with Gasteiger partial charge in [0.1, 0.15) is 6.04 Å². The first kappa shape index (κ1) is 22.3. The summed E-state index contributed by atoms with van der Waals surface area (Å²) in [6, 6.07) is 6.78. The van der Waals surface area contributed by atoms with E-state index < -0.39 is 30.5 Å². The standard InChI is InChI=1S/C22H28N2O5/c1-6-13(3)20(22(27)28-5)24-18(25)12-29-21(26)19-14(4)15-10-8-9-11-17(15)23-16(19)7-2/h8-11,13,20H,6-7,12H2,1-5H3,(H,24,25)/t13-,20+/m0/s1. The van der Waals surface area contributed by atoms with Crippen LogP contribution in [0.2, 0.25) is 0 Å². The van der Waals surface area contributed by atoms with Crippen LogP contribution in [0.15, 0.2) is 24.3 Å². The Bertz CT molecular complexity index is 909. The van der Waals surface area contributed by atoms with Gasteiger partial charge >= 0.3 is 11.9 Å². The van der Waals surface area contributed by atoms with E-state index in [1.807, 2.05) is 52.0 Å². The lowest BCUT2D eigenvalue weighted by atomic mass is 9.99. The summed E-state index contributed by atoms with van der Waals surface area (Å²) < 4.78 is 10.00. The maximum atomic E-state index is 12.7. The molecule has 1 aromatic carbocycles. The monoisotopic (exact) mass is 400 g/mol. The van der Waals surface area contributed by atoms with Gasteiger partial charge in [-0.3, -0.25) is 9.78 Å². The Morgan fingerprint density at radius 3 is 2.48 bits per heavy atom. The normalized spacial score (nSPS) is 12.9. The van der Waals surface area contributed by atoms with E-state index in [0.29, 0.717) is 24.1 Å². The number of para-hydroxylation sites is 1. The van der Waals surface area contributed by atoms with Crippen LogP contribution in [0.1, 0.15) is 48.8 Å². The van der Waals surface area contributed by atoms with Crippen molar-refractivity contribution < 1.29 is 23.9 Å². The third-order valence-electron chi connectivity index (χ3n) is 5.09. The highest BCUT2D eigenvalue weighted by Crippen LogP contribution is 2.24. The number of hydrogen-bond donors (Lipinski definition) is 1. The van der Waals surface area contributed by atoms with Gasteiger partial charge in [0.25, 0.3) is 5.91 Å². The number of amides is 1. The van der Waals surface area contributed by atoms with E-state index in [4.69, 9.17) is 9.47 Å². The topological polar surface area (TPSA) is 94.6 Å². The minimum atomic E-state index is -0.786. The molecule has 0 aliphatic heterocycles. The van der Waals surface area contributed by atoms with Crippen molar-refractivity contribution in [3.63, 3.8) is 0 Å². The Morgan fingerprint density at radius 1 is 1.17 bits per heavy atom. The lowest BCUT2D eigenvalue weighted by molar-refractivity contribution is -0.147. The molecule has 1 aromatic heterocycles. The number of methoxy groups -OCH3 is 1. The number of ether oxygens (including phenoxy) is 2. The summed E-state index contributed by atoms with van der Waals surface area (Å²) in [5.41, 5.74) is 2.58. The van der Waals surface area contributed by atoms with Crippen molar-refractivity contribution in [2.75, 3.05) is 13.7 Å². The number of carbonyl (C=O) groups excluding carboxylic acids is 3. The number of nitrogens with zero attached hydrogens (tertiary/aromatic N) is 1. The summed E-state index contributed by atoms with van der Waals surface area (Å²) >= 11 is 0. The fraction of sp³-hybridized carbons (Fsp3) is 0.455. The SMILES string of the molecule is CCc1nc2ccccc2c(C)c1C(=O)OCC(=O)N[C@@H](C(=O)OC)[C@@H](C)CC. The summed E-state index contributed by atoms with van der Waals surface area (Å²) in [5.74, 6) is -1.80. The molecule has 1 N–H and O–H groups in total. The Balaban J connectivity index is 2.15. The molecule has 156 valence electrons. The largest absolute Gasteiger partial charge is 0.467 e. The van der Waals surface area contributed by atoms with E-state index in [-0.39, 0.29) is 5.92 Å². The quantitative estimate of drug-likeness (QED) is 0.685. The number of rotatable bonds is 8. The minimum Gasteiger partial charge on any atom is -0.467 e. The van der Waals surface area contributed by atoms with Crippen molar-refractivity contribution in [1.29, 1.82) is 0 Å². The molecule has 0 spiro atoms. The molecule has 0 unspecified atom stereocenters. The fourth-order valence-electron chi connectivity index (χ4n) is 3.18. The Morgan fingerprint density at radius 2 is 1.86 bits per heavy atom. The molecular formula is C22H28N2O5. The van der Waals surface area contributed by atoms with Crippen LogP contribution in [0.5, 0.6) is 0 Å². The molecule has 0 radical (unpaired) electrons. The number of esters is 2. The molecule has 1 amide bonds. The van der Waals surface area contributed by atoms with E-state index in [0.717, 1.165) is 16.5 Å². The molecule has 0 aliphatic rings. The number of fused-ring (bicyclic) bond motifs is 1. The maximum Gasteiger partial charge on any atom is 0.340 e. The number of hydrogen-bond acceptors (Lipinski definition) is 6. The van der Waals surface area contributed by atoms with E-state index in [9.17, 15) is 14.4 Å². The van der Waals surface area contributed by atoms with Crippen molar-refractivity contribution in [3.05, 3.63) is 41.1 Å². The van der Waals surface area contributed by atoms with Crippen molar-refractivity contribution >= 4 is 28.7 Å². The maximum absolute atomic E-state index is 12.7. The van der Waals surface area contributed by atoms with Crippen LogP contribution >= 0.6 is 0 Å². The van der Waals surface area contributed by atoms with Crippen molar-refractivity contribution in [1.82, 2.24) is 10.3 Å². The van der Waals surface area contributed by atoms with E-state index in [1.165, 1.54) is 7.11 Å². The molecule has 7 heteroatoms. The number of nitrogens with one attached hydrogen (secondary N) is 1. The molecule has 0 fully saturated rings. The second kappa shape index (κ2) is 10.0. The van der Waals surface area contributed by atoms with Crippen molar-refractivity contribution in [3.8, 4) is 0 Å². The average Bonchev–Trinajstić information content (AvgIpc) is 2.74. The molecule has 29 heavy (non-hydrogen) atoms. The summed E-state index contributed by atoms with van der Waals surface area (Å²) in [7, 11) is 1.27. The van der Waals surface area contributed by atoms with Gasteiger partial charge in [0.05, 0.1) is 23.9 Å². The molecule has 2 atom stereocenters. The number of aromatic nitrogens is 1. The number of pyridine rings is 1. The Hall–Kier alpha value is -2.96. The molecule has 0 aliphatic carbocycles. The van der Waals surface area contributed by atoms with Crippen LogP contribution in [0, 0.1) is 12.8 Å². The van der Waals surface area contributed by atoms with Crippen LogP contribution in [0.25, 0.3) is 10.9 Å². The van der Waals surface area contributed by atoms with Gasteiger partial charge in [0.15, 0.2) is 6.61 Å². The highest BCUT2D eigenvalue weighted by molar-refractivity contribution is 5.99. The van der Waals surface area contributed by atoms with Gasteiger partial charge < -0.3 is 14.8 Å².